The molecule has 2 aromatic carbocycles. The third-order valence-electron chi connectivity index (χ3n) is 4.59. The summed E-state index contributed by atoms with van der Waals surface area (Å²) in [7, 11) is 0. The Bertz CT molecular complexity index is 873. The summed E-state index contributed by atoms with van der Waals surface area (Å²) in [5, 5.41) is 8.69. The first-order chi connectivity index (χ1) is 13.5. The molecule has 4 nitrogen and oxygen atoms in total. The van der Waals surface area contributed by atoms with Gasteiger partial charge in [-0.3, -0.25) is 0 Å². The van der Waals surface area contributed by atoms with Gasteiger partial charge < -0.3 is 14.7 Å². The smallest absolute Gasteiger partial charge is 0.368 e. The Kier molecular flexibility index (Phi) is 6.91. The van der Waals surface area contributed by atoms with Gasteiger partial charge in [0.05, 0.1) is 10.6 Å². The van der Waals surface area contributed by atoms with Gasteiger partial charge in [-0.15, -0.1) is 23.5 Å². The van der Waals surface area contributed by atoms with Crippen molar-refractivity contribution in [3.8, 4) is 5.75 Å². The molecule has 0 fully saturated rings. The van der Waals surface area contributed by atoms with Crippen molar-refractivity contribution in [1.82, 2.24) is 0 Å². The van der Waals surface area contributed by atoms with Gasteiger partial charge in [0.15, 0.2) is 0 Å². The number of hydrogen-bond donors (Lipinski definition) is 1. The second kappa shape index (κ2) is 9.39. The van der Waals surface area contributed by atoms with Crippen molar-refractivity contribution in [2.24, 2.45) is 5.92 Å². The van der Waals surface area contributed by atoms with Crippen LogP contribution in [0.25, 0.3) is 0 Å². The number of carboxylic acids is 1. The molecule has 1 aliphatic heterocycles. The number of carbonyl (C=O) groups is 1. The lowest BCUT2D eigenvalue weighted by atomic mass is 10.1. The molecule has 0 bridgehead atoms. The molecule has 7 heteroatoms. The number of benzene rings is 2. The maximum atomic E-state index is 13.3. The van der Waals surface area contributed by atoms with Crippen molar-refractivity contribution in [2.45, 2.75) is 23.1 Å². The highest BCUT2D eigenvalue weighted by atomic mass is 32.2. The first-order valence-corrected chi connectivity index (χ1v) is 11.2. The third kappa shape index (κ3) is 4.64. The van der Waals surface area contributed by atoms with Crippen molar-refractivity contribution in [3.05, 3.63) is 54.6 Å². The topological polar surface area (TPSA) is 49.8 Å². The fourth-order valence-corrected chi connectivity index (χ4v) is 4.79. The average Bonchev–Trinajstić information content (AvgIpc) is 2.90. The summed E-state index contributed by atoms with van der Waals surface area (Å²) in [6.07, 6.45) is 3.64. The molecule has 148 valence electrons. The van der Waals surface area contributed by atoms with E-state index in [-0.39, 0.29) is 0 Å². The average molecular weight is 420 g/mol. The van der Waals surface area contributed by atoms with E-state index in [0.29, 0.717) is 17.9 Å². The summed E-state index contributed by atoms with van der Waals surface area (Å²) >= 11 is 3.23. The van der Waals surface area contributed by atoms with Crippen LogP contribution in [-0.4, -0.2) is 29.6 Å². The number of ether oxygens (including phenoxy) is 1. The van der Waals surface area contributed by atoms with Crippen LogP contribution in [0, 0.1) is 5.92 Å². The van der Waals surface area contributed by atoms with Crippen LogP contribution in [0.4, 0.5) is 15.8 Å². The summed E-state index contributed by atoms with van der Waals surface area (Å²) in [5.74, 6) is -1.01. The van der Waals surface area contributed by atoms with Crippen molar-refractivity contribution in [3.63, 3.8) is 0 Å². The van der Waals surface area contributed by atoms with Gasteiger partial charge in [0.2, 0.25) is 5.83 Å². The van der Waals surface area contributed by atoms with Crippen LogP contribution >= 0.6 is 23.5 Å². The molecule has 0 amide bonds. The molecule has 1 unspecified atom stereocenters. The quantitative estimate of drug-likeness (QED) is 0.355. The number of thioether (sulfide) groups is 2. The van der Waals surface area contributed by atoms with Gasteiger partial charge >= 0.3 is 5.97 Å². The van der Waals surface area contributed by atoms with E-state index in [1.807, 2.05) is 36.6 Å². The fraction of sp³-hybridized carbons (Fsp3) is 0.286. The first-order valence-electron chi connectivity index (χ1n) is 8.96. The molecule has 0 aliphatic carbocycles. The largest absolute Gasteiger partial charge is 0.476 e. The maximum absolute atomic E-state index is 13.3. The van der Waals surface area contributed by atoms with Crippen LogP contribution in [0.3, 0.4) is 0 Å². The molecule has 1 N–H and O–H groups in total. The summed E-state index contributed by atoms with van der Waals surface area (Å²) in [6, 6.07) is 14.2. The highest BCUT2D eigenvalue weighted by Crippen LogP contribution is 2.45. The fourth-order valence-electron chi connectivity index (χ4n) is 2.99. The predicted molar refractivity (Wildman–Crippen MR) is 114 cm³/mol. The highest BCUT2D eigenvalue weighted by Gasteiger charge is 2.24. The number of aliphatic carboxylic acids is 1. The van der Waals surface area contributed by atoms with Gasteiger partial charge in [-0.2, -0.15) is 4.39 Å². The Hall–Kier alpha value is -2.12. The predicted octanol–water partition coefficient (Wildman–Crippen LogP) is 5.95. The SMILES string of the molecule is CCC1CSc2cc(O/C=C(\F)C(=O)O)c(SC)cc2N(c2ccccc2)C1. The van der Waals surface area contributed by atoms with Gasteiger partial charge in [0, 0.05) is 22.9 Å². The van der Waals surface area contributed by atoms with E-state index in [1.165, 1.54) is 11.8 Å². The van der Waals surface area contributed by atoms with Gasteiger partial charge in [-0.05, 0) is 36.4 Å². The Balaban J connectivity index is 2.04. The van der Waals surface area contributed by atoms with Crippen LogP contribution in [0.1, 0.15) is 13.3 Å². The molecule has 3 rings (SSSR count). The monoisotopic (exact) mass is 419 g/mol. The van der Waals surface area contributed by atoms with E-state index in [9.17, 15) is 9.18 Å². The summed E-state index contributed by atoms with van der Waals surface area (Å²) in [4.78, 5) is 14.9. The van der Waals surface area contributed by atoms with Gasteiger partial charge in [0.25, 0.3) is 0 Å². The minimum Gasteiger partial charge on any atom is -0.476 e. The lowest BCUT2D eigenvalue weighted by Gasteiger charge is -2.28. The normalized spacial score (nSPS) is 17.0. The third-order valence-corrected chi connectivity index (χ3v) is 6.63. The van der Waals surface area contributed by atoms with Crippen LogP contribution in [-0.2, 0) is 4.79 Å². The van der Waals surface area contributed by atoms with Crippen molar-refractivity contribution >= 4 is 40.9 Å². The number of hydrogen-bond acceptors (Lipinski definition) is 5. The van der Waals surface area contributed by atoms with E-state index in [4.69, 9.17) is 9.84 Å². The van der Waals surface area contributed by atoms with E-state index in [0.717, 1.165) is 39.9 Å². The second-order valence-corrected chi connectivity index (χ2v) is 8.30. The van der Waals surface area contributed by atoms with Crippen molar-refractivity contribution in [1.29, 1.82) is 0 Å². The van der Waals surface area contributed by atoms with Crippen LogP contribution in [0.2, 0.25) is 0 Å². The van der Waals surface area contributed by atoms with E-state index < -0.39 is 11.8 Å². The zero-order chi connectivity index (χ0) is 20.1. The van der Waals surface area contributed by atoms with Crippen LogP contribution in [0.5, 0.6) is 5.75 Å². The molecular weight excluding hydrogens is 397 g/mol. The first kappa shape index (κ1) is 20.6. The van der Waals surface area contributed by atoms with Crippen molar-refractivity contribution in [2.75, 3.05) is 23.5 Å². The Labute approximate surface area is 172 Å². The maximum Gasteiger partial charge on any atom is 0.368 e. The van der Waals surface area contributed by atoms with E-state index >= 15 is 0 Å². The Morgan fingerprint density at radius 3 is 2.79 bits per heavy atom. The molecule has 1 atom stereocenters. The molecule has 2 aromatic rings. The number of halogens is 1. The molecule has 28 heavy (non-hydrogen) atoms. The number of nitrogens with zero attached hydrogens (tertiary/aromatic N) is 1. The molecular formula is C21H22FNO3S2. The van der Waals surface area contributed by atoms with E-state index in [2.05, 4.69) is 24.0 Å². The lowest BCUT2D eigenvalue weighted by molar-refractivity contribution is -0.134. The summed E-state index contributed by atoms with van der Waals surface area (Å²) < 4.78 is 18.7. The second-order valence-electron chi connectivity index (χ2n) is 6.39. The minimum absolute atomic E-state index is 0.457. The van der Waals surface area contributed by atoms with Gasteiger partial charge in [-0.1, -0.05) is 31.5 Å². The van der Waals surface area contributed by atoms with E-state index in [1.54, 1.807) is 11.8 Å². The van der Waals surface area contributed by atoms with Crippen molar-refractivity contribution < 1.29 is 19.0 Å². The number of carboxylic acid groups (broad SMARTS) is 1. The molecule has 1 aliphatic rings. The molecule has 0 aromatic heterocycles. The summed E-state index contributed by atoms with van der Waals surface area (Å²) in [6.45, 7) is 3.12. The number of para-hydroxylation sites is 1. The van der Waals surface area contributed by atoms with Crippen LogP contribution < -0.4 is 9.64 Å². The zero-order valence-electron chi connectivity index (χ0n) is 15.7. The zero-order valence-corrected chi connectivity index (χ0v) is 17.4. The number of anilines is 2. The Morgan fingerprint density at radius 1 is 1.39 bits per heavy atom. The lowest BCUT2D eigenvalue weighted by Crippen LogP contribution is -2.24. The molecule has 1 heterocycles. The minimum atomic E-state index is -1.64. The van der Waals surface area contributed by atoms with Gasteiger partial charge in [0.1, 0.15) is 12.0 Å². The Morgan fingerprint density at radius 2 is 2.14 bits per heavy atom. The molecule has 0 saturated carbocycles. The molecule has 0 spiro atoms. The highest BCUT2D eigenvalue weighted by molar-refractivity contribution is 7.99. The molecule has 0 radical (unpaired) electrons. The number of fused-ring (bicyclic) bond motifs is 1. The number of rotatable bonds is 6. The van der Waals surface area contributed by atoms with Crippen LogP contribution in [0.15, 0.2) is 64.3 Å². The standard InChI is InChI=1S/C21H22FNO3S2/c1-3-14-11-23(15-7-5-4-6-8-15)17-9-20(27-2)18(10-19(17)28-13-14)26-12-16(22)21(24)25/h4-10,12,14H,3,11,13H2,1-2H3,(H,24,25)/b16-12-. The summed E-state index contributed by atoms with van der Waals surface area (Å²) in [5.41, 5.74) is 2.22. The molecule has 0 saturated heterocycles. The van der Waals surface area contributed by atoms with Gasteiger partial charge in [-0.25, -0.2) is 4.79 Å².